The number of amides is 1. The maximum absolute atomic E-state index is 12.9. The average Bonchev–Trinajstić information content (AvgIpc) is 3.14. The lowest BCUT2D eigenvalue weighted by Gasteiger charge is -2.31. The van der Waals surface area contributed by atoms with E-state index in [1.54, 1.807) is 15.9 Å². The molecule has 2 aromatic rings. The maximum atomic E-state index is 12.9. The zero-order valence-corrected chi connectivity index (χ0v) is 14.4. The van der Waals surface area contributed by atoms with Crippen LogP contribution in [0.15, 0.2) is 36.9 Å². The molecule has 26 heavy (non-hydrogen) atoms. The highest BCUT2D eigenvalue weighted by atomic mass is 35.5. The normalized spacial score (nSPS) is 16.4. The quantitative estimate of drug-likeness (QED) is 0.756. The number of piperidine rings is 1. The fourth-order valence-corrected chi connectivity index (χ4v) is 3.12. The number of benzene rings is 1. The molecule has 1 aliphatic rings. The second-order valence-corrected chi connectivity index (χ2v) is 6.41. The van der Waals surface area contributed by atoms with Crippen molar-refractivity contribution >= 4 is 23.6 Å². The number of likely N-dealkylation sites (tertiary alicyclic amines) is 1. The van der Waals surface area contributed by atoms with Gasteiger partial charge in [0, 0.05) is 19.2 Å². The molecule has 0 bridgehead atoms. The van der Waals surface area contributed by atoms with Crippen molar-refractivity contribution in [3.8, 4) is 0 Å². The van der Waals surface area contributed by atoms with Crippen LogP contribution in [-0.2, 0) is 11.0 Å². The third-order valence-electron chi connectivity index (χ3n) is 4.30. The number of alkyl halides is 3. The van der Waals surface area contributed by atoms with Gasteiger partial charge in [-0.2, -0.15) is 18.3 Å². The molecule has 0 spiro atoms. The van der Waals surface area contributed by atoms with E-state index in [2.05, 4.69) is 10.1 Å². The van der Waals surface area contributed by atoms with Crippen LogP contribution >= 0.6 is 11.6 Å². The molecule has 1 aromatic heterocycles. The van der Waals surface area contributed by atoms with E-state index in [4.69, 9.17) is 11.6 Å². The van der Waals surface area contributed by atoms with Crippen LogP contribution in [0.2, 0.25) is 5.02 Å². The lowest BCUT2D eigenvalue weighted by molar-refractivity contribution is -0.137. The first-order chi connectivity index (χ1) is 12.3. The molecule has 0 atom stereocenters. The molecule has 1 amide bonds. The van der Waals surface area contributed by atoms with E-state index in [9.17, 15) is 18.0 Å². The molecular weight excluding hydrogens is 369 g/mol. The fourth-order valence-electron chi connectivity index (χ4n) is 2.89. The zero-order valence-electron chi connectivity index (χ0n) is 13.7. The third kappa shape index (κ3) is 4.24. The summed E-state index contributed by atoms with van der Waals surface area (Å²) in [5, 5.41) is 3.74. The van der Waals surface area contributed by atoms with Crippen molar-refractivity contribution in [3.05, 3.63) is 53.1 Å². The predicted octanol–water partition coefficient (Wildman–Crippen LogP) is 3.83. The van der Waals surface area contributed by atoms with Gasteiger partial charge in [0.1, 0.15) is 12.7 Å². The number of hydrogen-bond donors (Lipinski definition) is 0. The van der Waals surface area contributed by atoms with Crippen molar-refractivity contribution in [2.24, 2.45) is 0 Å². The first kappa shape index (κ1) is 18.4. The molecule has 0 aliphatic carbocycles. The van der Waals surface area contributed by atoms with E-state index in [1.165, 1.54) is 30.6 Å². The molecule has 3 rings (SSSR count). The Labute approximate surface area is 153 Å². The summed E-state index contributed by atoms with van der Waals surface area (Å²) in [5.41, 5.74) is -0.644. The zero-order chi connectivity index (χ0) is 18.7. The number of hydrogen-bond acceptors (Lipinski definition) is 3. The highest BCUT2D eigenvalue weighted by molar-refractivity contribution is 6.31. The van der Waals surface area contributed by atoms with Gasteiger partial charge in [0.25, 0.3) is 0 Å². The molecule has 0 unspecified atom stereocenters. The van der Waals surface area contributed by atoms with Crippen LogP contribution in [0.3, 0.4) is 0 Å². The minimum absolute atomic E-state index is 0.205. The summed E-state index contributed by atoms with van der Waals surface area (Å²) in [6, 6.07) is 3.76. The number of aromatic nitrogens is 3. The van der Waals surface area contributed by atoms with Gasteiger partial charge < -0.3 is 4.90 Å². The van der Waals surface area contributed by atoms with Gasteiger partial charge >= 0.3 is 6.18 Å². The number of carbonyl (C=O) groups is 1. The molecule has 1 aromatic carbocycles. The third-order valence-corrected chi connectivity index (χ3v) is 4.63. The van der Waals surface area contributed by atoms with Crippen molar-refractivity contribution in [3.63, 3.8) is 0 Å². The predicted molar refractivity (Wildman–Crippen MR) is 90.4 cm³/mol. The maximum Gasteiger partial charge on any atom is 0.417 e. The van der Waals surface area contributed by atoms with Gasteiger partial charge in [-0.3, -0.25) is 4.79 Å². The molecule has 9 heteroatoms. The number of rotatable bonds is 3. The lowest BCUT2D eigenvalue weighted by atomic mass is 10.1. The summed E-state index contributed by atoms with van der Waals surface area (Å²) in [6.07, 6.45) is 2.76. The Morgan fingerprint density at radius 1 is 1.27 bits per heavy atom. The largest absolute Gasteiger partial charge is 0.417 e. The molecule has 1 fully saturated rings. The van der Waals surface area contributed by atoms with Gasteiger partial charge in [-0.25, -0.2) is 9.67 Å². The Morgan fingerprint density at radius 3 is 2.62 bits per heavy atom. The molecule has 0 N–H and O–H groups in total. The number of nitrogens with zero attached hydrogens (tertiary/aromatic N) is 4. The number of halogens is 4. The Bertz CT molecular complexity index is 797. The molecule has 0 radical (unpaired) electrons. The van der Waals surface area contributed by atoms with Crippen LogP contribution in [0.1, 0.15) is 30.0 Å². The molecule has 5 nitrogen and oxygen atoms in total. The number of carbonyl (C=O) groups excluding carboxylic acids is 1. The van der Waals surface area contributed by atoms with E-state index in [1.807, 2.05) is 0 Å². The van der Waals surface area contributed by atoms with E-state index in [0.717, 1.165) is 18.9 Å². The van der Waals surface area contributed by atoms with Crippen LogP contribution in [0.4, 0.5) is 13.2 Å². The van der Waals surface area contributed by atoms with Crippen molar-refractivity contribution in [2.75, 3.05) is 13.1 Å². The first-order valence-corrected chi connectivity index (χ1v) is 8.40. The highest BCUT2D eigenvalue weighted by Gasteiger charge is 2.33. The van der Waals surface area contributed by atoms with Crippen LogP contribution in [0.5, 0.6) is 0 Å². The molecule has 138 valence electrons. The van der Waals surface area contributed by atoms with Gasteiger partial charge in [-0.15, -0.1) is 0 Å². The molecule has 2 heterocycles. The van der Waals surface area contributed by atoms with Gasteiger partial charge in [0.15, 0.2) is 0 Å². The molecular formula is C17H16ClF3N4O. The van der Waals surface area contributed by atoms with Gasteiger partial charge in [0.2, 0.25) is 5.91 Å². The van der Waals surface area contributed by atoms with Crippen LogP contribution in [-0.4, -0.2) is 38.7 Å². The van der Waals surface area contributed by atoms with Gasteiger partial charge in [-0.1, -0.05) is 17.7 Å². The summed E-state index contributed by atoms with van der Waals surface area (Å²) in [6.45, 7) is 1.12. The minimum Gasteiger partial charge on any atom is -0.339 e. The van der Waals surface area contributed by atoms with Gasteiger partial charge in [-0.05, 0) is 36.6 Å². The minimum atomic E-state index is -4.53. The summed E-state index contributed by atoms with van der Waals surface area (Å²) in [4.78, 5) is 17.9. The van der Waals surface area contributed by atoms with Crippen molar-refractivity contribution < 1.29 is 18.0 Å². The monoisotopic (exact) mass is 384 g/mol. The molecule has 0 saturated carbocycles. The second kappa shape index (κ2) is 7.49. The highest BCUT2D eigenvalue weighted by Crippen LogP contribution is 2.35. The van der Waals surface area contributed by atoms with E-state index >= 15 is 0 Å². The van der Waals surface area contributed by atoms with Crippen molar-refractivity contribution in [1.29, 1.82) is 0 Å². The van der Waals surface area contributed by atoms with Crippen molar-refractivity contribution in [2.45, 2.75) is 25.1 Å². The Kier molecular flexibility index (Phi) is 5.31. The Hall–Kier alpha value is -2.35. The SMILES string of the molecule is O=C(C=Cc1ccc(Cl)c(C(F)(F)F)c1)N1CCC(n2cncn2)CC1. The van der Waals surface area contributed by atoms with Crippen LogP contribution < -0.4 is 0 Å². The average molecular weight is 385 g/mol. The van der Waals surface area contributed by atoms with Gasteiger partial charge in [0.05, 0.1) is 16.6 Å². The second-order valence-electron chi connectivity index (χ2n) is 6.00. The van der Waals surface area contributed by atoms with Crippen molar-refractivity contribution in [1.82, 2.24) is 19.7 Å². The summed E-state index contributed by atoms with van der Waals surface area (Å²) in [7, 11) is 0. The Balaban J connectivity index is 1.62. The van der Waals surface area contributed by atoms with E-state index in [-0.39, 0.29) is 22.5 Å². The topological polar surface area (TPSA) is 51.0 Å². The molecule has 1 aliphatic heterocycles. The Morgan fingerprint density at radius 2 is 2.00 bits per heavy atom. The summed E-state index contributed by atoms with van der Waals surface area (Å²) < 4.78 is 40.4. The van der Waals surface area contributed by atoms with E-state index < -0.39 is 11.7 Å². The fraction of sp³-hybridized carbons (Fsp3) is 0.353. The lowest BCUT2D eigenvalue weighted by Crippen LogP contribution is -2.38. The summed E-state index contributed by atoms with van der Waals surface area (Å²) >= 11 is 5.59. The molecule has 1 saturated heterocycles. The summed E-state index contributed by atoms with van der Waals surface area (Å²) in [5.74, 6) is -0.231. The van der Waals surface area contributed by atoms with E-state index in [0.29, 0.717) is 13.1 Å². The standard InChI is InChI=1S/C17H16ClF3N4O/c18-15-3-1-12(9-14(15)17(19,20)21)2-4-16(26)24-7-5-13(6-8-24)25-11-22-10-23-25/h1-4,9-11,13H,5-8H2. The first-order valence-electron chi connectivity index (χ1n) is 8.02. The van der Waals surface area contributed by atoms with Crippen LogP contribution in [0.25, 0.3) is 6.08 Å². The smallest absolute Gasteiger partial charge is 0.339 e. The van der Waals surface area contributed by atoms with Crippen LogP contribution in [0, 0.1) is 0 Å².